The Labute approximate surface area is 130 Å². The van der Waals surface area contributed by atoms with Crippen LogP contribution >= 0.6 is 0 Å². The van der Waals surface area contributed by atoms with Gasteiger partial charge in [-0.05, 0) is 30.2 Å². The molecule has 3 rings (SSSR count). The number of benzene rings is 1. The third-order valence-electron chi connectivity index (χ3n) is 3.69. The molecule has 116 valence electrons. The molecule has 0 bridgehead atoms. The molecule has 1 atom stereocenters. The first-order valence-corrected chi connectivity index (χ1v) is 8.76. The second kappa shape index (κ2) is 6.56. The lowest BCUT2D eigenvalue weighted by Crippen LogP contribution is -2.34. The van der Waals surface area contributed by atoms with Crippen molar-refractivity contribution in [2.75, 3.05) is 13.2 Å². The SMILES string of the molecule is O=S(=O)(NCc1cccc(-c2ccccn2)c1)C1CCOC1. The monoisotopic (exact) mass is 318 g/mol. The summed E-state index contributed by atoms with van der Waals surface area (Å²) in [4.78, 5) is 4.31. The predicted molar refractivity (Wildman–Crippen MR) is 84.7 cm³/mol. The molecule has 5 nitrogen and oxygen atoms in total. The number of nitrogens with zero attached hydrogens (tertiary/aromatic N) is 1. The van der Waals surface area contributed by atoms with Gasteiger partial charge in [-0.25, -0.2) is 13.1 Å². The Hall–Kier alpha value is -1.76. The lowest BCUT2D eigenvalue weighted by Gasteiger charge is -2.11. The Morgan fingerprint density at radius 2 is 2.14 bits per heavy atom. The van der Waals surface area contributed by atoms with Gasteiger partial charge in [0.2, 0.25) is 10.0 Å². The van der Waals surface area contributed by atoms with Crippen molar-refractivity contribution in [1.29, 1.82) is 0 Å². The zero-order chi connectivity index (χ0) is 15.4. The van der Waals surface area contributed by atoms with E-state index in [0.717, 1.165) is 16.8 Å². The van der Waals surface area contributed by atoms with Gasteiger partial charge in [0.05, 0.1) is 12.3 Å². The normalized spacial score (nSPS) is 18.5. The molecular weight excluding hydrogens is 300 g/mol. The van der Waals surface area contributed by atoms with Crippen molar-refractivity contribution >= 4 is 10.0 Å². The number of hydrogen-bond donors (Lipinski definition) is 1. The molecule has 2 heterocycles. The zero-order valence-corrected chi connectivity index (χ0v) is 12.9. The highest BCUT2D eigenvalue weighted by molar-refractivity contribution is 7.90. The first kappa shape index (κ1) is 15.1. The van der Waals surface area contributed by atoms with E-state index in [4.69, 9.17) is 4.74 Å². The third-order valence-corrected chi connectivity index (χ3v) is 5.49. The minimum absolute atomic E-state index is 0.277. The molecule has 0 saturated carbocycles. The fourth-order valence-electron chi connectivity index (χ4n) is 2.43. The van der Waals surface area contributed by atoms with Crippen LogP contribution in [0.5, 0.6) is 0 Å². The van der Waals surface area contributed by atoms with Crippen LogP contribution in [-0.2, 0) is 21.3 Å². The summed E-state index contributed by atoms with van der Waals surface area (Å²) in [5.41, 5.74) is 2.75. The third kappa shape index (κ3) is 3.52. The molecular formula is C16H18N2O3S. The molecule has 0 amide bonds. The quantitative estimate of drug-likeness (QED) is 0.915. The maximum Gasteiger partial charge on any atom is 0.217 e. The Balaban J connectivity index is 1.71. The van der Waals surface area contributed by atoms with E-state index in [2.05, 4.69) is 9.71 Å². The van der Waals surface area contributed by atoms with Crippen molar-refractivity contribution in [3.8, 4) is 11.3 Å². The minimum Gasteiger partial charge on any atom is -0.380 e. The second-order valence-electron chi connectivity index (χ2n) is 5.27. The summed E-state index contributed by atoms with van der Waals surface area (Å²) in [6.45, 7) is 1.07. The van der Waals surface area contributed by atoms with Crippen LogP contribution in [0.25, 0.3) is 11.3 Å². The highest BCUT2D eigenvalue weighted by Gasteiger charge is 2.29. The standard InChI is InChI=1S/C16H18N2O3S/c19-22(20,15-7-9-21-12-15)18-11-13-4-3-5-14(10-13)16-6-1-2-8-17-16/h1-6,8,10,15,18H,7,9,11-12H2. The molecule has 6 heteroatoms. The minimum atomic E-state index is -3.33. The summed E-state index contributed by atoms with van der Waals surface area (Å²) in [6.07, 6.45) is 2.30. The van der Waals surface area contributed by atoms with Crippen LogP contribution < -0.4 is 4.72 Å². The number of sulfonamides is 1. The highest BCUT2D eigenvalue weighted by atomic mass is 32.2. The van der Waals surface area contributed by atoms with Crippen molar-refractivity contribution in [2.45, 2.75) is 18.2 Å². The molecule has 2 aromatic rings. The molecule has 1 aromatic carbocycles. The Kier molecular flexibility index (Phi) is 4.52. The van der Waals surface area contributed by atoms with Crippen LogP contribution in [0.3, 0.4) is 0 Å². The molecule has 1 aliphatic heterocycles. The summed E-state index contributed by atoms with van der Waals surface area (Å²) in [7, 11) is -3.33. The Bertz CT molecular complexity index is 726. The van der Waals surface area contributed by atoms with Crippen LogP contribution in [-0.4, -0.2) is 31.9 Å². The summed E-state index contributed by atoms with van der Waals surface area (Å²) >= 11 is 0. The number of nitrogens with one attached hydrogen (secondary N) is 1. The summed E-state index contributed by atoms with van der Waals surface area (Å²) in [5.74, 6) is 0. The largest absolute Gasteiger partial charge is 0.380 e. The van der Waals surface area contributed by atoms with Crippen molar-refractivity contribution in [3.63, 3.8) is 0 Å². The van der Waals surface area contributed by atoms with Crippen LogP contribution in [0.2, 0.25) is 0 Å². The molecule has 1 saturated heterocycles. The van der Waals surface area contributed by atoms with E-state index in [0.29, 0.717) is 13.0 Å². The molecule has 22 heavy (non-hydrogen) atoms. The number of ether oxygens (including phenoxy) is 1. The summed E-state index contributed by atoms with van der Waals surface area (Å²) in [5, 5.41) is -0.438. The Morgan fingerprint density at radius 1 is 1.23 bits per heavy atom. The highest BCUT2D eigenvalue weighted by Crippen LogP contribution is 2.18. The zero-order valence-electron chi connectivity index (χ0n) is 12.1. The molecule has 1 unspecified atom stereocenters. The smallest absolute Gasteiger partial charge is 0.217 e. The van der Waals surface area contributed by atoms with Crippen LogP contribution in [0.1, 0.15) is 12.0 Å². The van der Waals surface area contributed by atoms with E-state index in [-0.39, 0.29) is 13.2 Å². The lowest BCUT2D eigenvalue weighted by atomic mass is 10.1. The van der Waals surface area contributed by atoms with Crippen LogP contribution in [0.15, 0.2) is 48.7 Å². The molecule has 1 N–H and O–H groups in total. The predicted octanol–water partition coefficient (Wildman–Crippen LogP) is 1.96. The van der Waals surface area contributed by atoms with Crippen LogP contribution in [0.4, 0.5) is 0 Å². The second-order valence-corrected chi connectivity index (χ2v) is 7.31. The number of pyridine rings is 1. The Morgan fingerprint density at radius 3 is 2.86 bits per heavy atom. The van der Waals surface area contributed by atoms with E-state index < -0.39 is 15.3 Å². The molecule has 0 aliphatic carbocycles. The average Bonchev–Trinajstić information content (AvgIpc) is 3.10. The van der Waals surface area contributed by atoms with Gasteiger partial charge in [-0.3, -0.25) is 4.98 Å². The lowest BCUT2D eigenvalue weighted by molar-refractivity contribution is 0.198. The van der Waals surface area contributed by atoms with Gasteiger partial charge in [0.1, 0.15) is 5.25 Å². The number of aromatic nitrogens is 1. The fraction of sp³-hybridized carbons (Fsp3) is 0.312. The van der Waals surface area contributed by atoms with Crippen molar-refractivity contribution in [1.82, 2.24) is 9.71 Å². The van der Waals surface area contributed by atoms with Gasteiger partial charge in [-0.2, -0.15) is 0 Å². The van der Waals surface area contributed by atoms with Gasteiger partial charge < -0.3 is 4.74 Å². The van der Waals surface area contributed by atoms with Crippen molar-refractivity contribution in [3.05, 3.63) is 54.2 Å². The average molecular weight is 318 g/mol. The van der Waals surface area contributed by atoms with Crippen molar-refractivity contribution < 1.29 is 13.2 Å². The van der Waals surface area contributed by atoms with Gasteiger partial charge >= 0.3 is 0 Å². The van der Waals surface area contributed by atoms with Gasteiger partial charge in [0.15, 0.2) is 0 Å². The van der Waals surface area contributed by atoms with E-state index in [9.17, 15) is 8.42 Å². The first-order valence-electron chi connectivity index (χ1n) is 7.22. The number of rotatable bonds is 5. The van der Waals surface area contributed by atoms with Gasteiger partial charge in [0.25, 0.3) is 0 Å². The number of hydrogen-bond acceptors (Lipinski definition) is 4. The molecule has 1 aliphatic rings. The topological polar surface area (TPSA) is 68.3 Å². The van der Waals surface area contributed by atoms with E-state index in [1.165, 1.54) is 0 Å². The maximum atomic E-state index is 12.2. The van der Waals surface area contributed by atoms with E-state index in [1.54, 1.807) is 6.20 Å². The summed E-state index contributed by atoms with van der Waals surface area (Å²) < 4.78 is 32.1. The molecule has 0 spiro atoms. The fourth-order valence-corrected chi connectivity index (χ4v) is 3.72. The van der Waals surface area contributed by atoms with E-state index in [1.807, 2.05) is 42.5 Å². The van der Waals surface area contributed by atoms with Crippen molar-refractivity contribution in [2.24, 2.45) is 0 Å². The summed E-state index contributed by atoms with van der Waals surface area (Å²) in [6, 6.07) is 13.5. The first-order chi connectivity index (χ1) is 10.6. The van der Waals surface area contributed by atoms with Gasteiger partial charge in [-0.1, -0.05) is 24.3 Å². The molecule has 0 radical (unpaired) electrons. The molecule has 1 fully saturated rings. The maximum absolute atomic E-state index is 12.2. The molecule has 1 aromatic heterocycles. The van der Waals surface area contributed by atoms with Gasteiger partial charge in [0, 0.05) is 24.9 Å². The van der Waals surface area contributed by atoms with E-state index >= 15 is 0 Å². The van der Waals surface area contributed by atoms with Crippen LogP contribution in [0, 0.1) is 0 Å². The van der Waals surface area contributed by atoms with Gasteiger partial charge in [-0.15, -0.1) is 0 Å².